The summed E-state index contributed by atoms with van der Waals surface area (Å²) < 4.78 is 52.4. The molecule has 2 rings (SSSR count). The first-order valence-corrected chi connectivity index (χ1v) is 8.13. The molecule has 0 fully saturated rings. The lowest BCUT2D eigenvalue weighted by Gasteiger charge is -2.12. The molecule has 0 radical (unpaired) electrons. The van der Waals surface area contributed by atoms with Crippen LogP contribution in [0.2, 0.25) is 0 Å². The second-order valence-electron chi connectivity index (χ2n) is 4.95. The van der Waals surface area contributed by atoms with E-state index >= 15 is 0 Å². The molecule has 0 aliphatic carbocycles. The summed E-state index contributed by atoms with van der Waals surface area (Å²) in [6.45, 7) is 2.33. The first kappa shape index (κ1) is 17.1. The van der Waals surface area contributed by atoms with E-state index in [9.17, 15) is 22.0 Å². The van der Waals surface area contributed by atoms with E-state index in [2.05, 4.69) is 9.82 Å². The monoisotopic (exact) mass is 343 g/mol. The Morgan fingerprint density at radius 3 is 2.70 bits per heavy atom. The molecule has 124 valence electrons. The van der Waals surface area contributed by atoms with Gasteiger partial charge in [0, 0.05) is 11.8 Å². The van der Waals surface area contributed by atoms with Crippen molar-refractivity contribution in [1.82, 2.24) is 9.78 Å². The minimum absolute atomic E-state index is 0.138. The minimum Gasteiger partial charge on any atom is -0.294 e. The van der Waals surface area contributed by atoms with Gasteiger partial charge in [-0.3, -0.25) is 14.2 Å². The van der Waals surface area contributed by atoms with Crippen molar-refractivity contribution in [2.45, 2.75) is 31.7 Å². The molecule has 1 aromatic carbocycles. The molecule has 1 heterocycles. The van der Waals surface area contributed by atoms with Gasteiger partial charge in [-0.05, 0) is 25.5 Å². The molecule has 0 aliphatic heterocycles. The van der Waals surface area contributed by atoms with Gasteiger partial charge in [-0.15, -0.1) is 0 Å². The normalized spacial score (nSPS) is 11.7. The average molecular weight is 343 g/mol. The zero-order chi connectivity index (χ0) is 17.2. The molecule has 2 aromatic rings. The third kappa shape index (κ3) is 3.92. The fraction of sp³-hybridized carbons (Fsp3) is 0.286. The van der Waals surface area contributed by atoms with Crippen LogP contribution in [0.15, 0.2) is 35.5 Å². The van der Waals surface area contributed by atoms with Crippen LogP contribution in [-0.4, -0.2) is 30.4 Å². The first-order chi connectivity index (χ1) is 10.7. The Kier molecular flexibility index (Phi) is 4.79. The number of carbonyl (C=O) groups excluding carboxylic acids is 1. The van der Waals surface area contributed by atoms with Crippen molar-refractivity contribution in [2.75, 3.05) is 4.72 Å². The summed E-state index contributed by atoms with van der Waals surface area (Å²) in [7, 11) is -4.03. The van der Waals surface area contributed by atoms with Gasteiger partial charge in [0.1, 0.15) is 11.4 Å². The van der Waals surface area contributed by atoms with Gasteiger partial charge in [-0.1, -0.05) is 12.1 Å². The van der Waals surface area contributed by atoms with Crippen LogP contribution in [-0.2, 0) is 16.6 Å². The van der Waals surface area contributed by atoms with Gasteiger partial charge >= 0.3 is 0 Å². The summed E-state index contributed by atoms with van der Waals surface area (Å²) in [5, 5.41) is 3.59. The van der Waals surface area contributed by atoms with Gasteiger partial charge in [-0.25, -0.2) is 17.2 Å². The lowest BCUT2D eigenvalue weighted by atomic mass is 10.0. The molecule has 0 aliphatic rings. The number of nitrogens with one attached hydrogen (secondary N) is 1. The Labute approximate surface area is 132 Å². The number of aryl methyl sites for hydroxylation is 1. The highest BCUT2D eigenvalue weighted by molar-refractivity contribution is 7.92. The summed E-state index contributed by atoms with van der Waals surface area (Å²) in [5.41, 5.74) is 1.03. The van der Waals surface area contributed by atoms with Crippen molar-refractivity contribution >= 4 is 21.5 Å². The maximum Gasteiger partial charge on any atom is 0.265 e. The van der Waals surface area contributed by atoms with Crippen LogP contribution in [0.3, 0.4) is 0 Å². The van der Waals surface area contributed by atoms with E-state index in [0.717, 1.165) is 17.1 Å². The molecule has 0 saturated carbocycles. The van der Waals surface area contributed by atoms with Crippen molar-refractivity contribution in [3.63, 3.8) is 0 Å². The smallest absolute Gasteiger partial charge is 0.265 e. The lowest BCUT2D eigenvalue weighted by molar-refractivity contribution is 0.101. The average Bonchev–Trinajstić information content (AvgIpc) is 2.86. The molecule has 0 saturated heterocycles. The molecular formula is C14H15F2N3O3S. The predicted molar refractivity (Wildman–Crippen MR) is 80.2 cm³/mol. The molecule has 0 unspecified atom stereocenters. The van der Waals surface area contributed by atoms with E-state index in [1.807, 2.05) is 0 Å². The summed E-state index contributed by atoms with van der Waals surface area (Å²) in [6.07, 6.45) is -0.648. The highest BCUT2D eigenvalue weighted by Gasteiger charge is 2.20. The van der Waals surface area contributed by atoms with Crippen LogP contribution in [0.25, 0.3) is 0 Å². The number of aromatic nitrogens is 2. The van der Waals surface area contributed by atoms with Crippen LogP contribution >= 0.6 is 0 Å². The SMILES string of the molecule is CC(=O)c1c(C)cccc1NS(=O)(=O)c1cnn(CC(F)F)c1. The number of sulfonamides is 1. The van der Waals surface area contributed by atoms with E-state index in [1.165, 1.54) is 13.0 Å². The van der Waals surface area contributed by atoms with E-state index in [-0.39, 0.29) is 21.9 Å². The van der Waals surface area contributed by atoms with Gasteiger partial charge in [0.25, 0.3) is 16.4 Å². The predicted octanol–water partition coefficient (Wildman–Crippen LogP) is 2.46. The molecule has 0 atom stereocenters. The number of hydrogen-bond acceptors (Lipinski definition) is 4. The van der Waals surface area contributed by atoms with Crippen LogP contribution in [0, 0.1) is 6.92 Å². The first-order valence-electron chi connectivity index (χ1n) is 6.64. The Balaban J connectivity index is 2.34. The third-order valence-corrected chi connectivity index (χ3v) is 4.43. The number of alkyl halides is 2. The maximum atomic E-state index is 12.3. The number of carbonyl (C=O) groups is 1. The van der Waals surface area contributed by atoms with E-state index in [4.69, 9.17) is 0 Å². The minimum atomic E-state index is -4.03. The number of anilines is 1. The van der Waals surface area contributed by atoms with Crippen LogP contribution in [0.1, 0.15) is 22.8 Å². The van der Waals surface area contributed by atoms with Gasteiger partial charge in [0.15, 0.2) is 5.78 Å². The van der Waals surface area contributed by atoms with Crippen molar-refractivity contribution in [3.05, 3.63) is 41.7 Å². The number of nitrogens with zero attached hydrogens (tertiary/aromatic N) is 2. The third-order valence-electron chi connectivity index (χ3n) is 3.11. The molecule has 23 heavy (non-hydrogen) atoms. The van der Waals surface area contributed by atoms with Gasteiger partial charge in [0.05, 0.1) is 11.9 Å². The van der Waals surface area contributed by atoms with Gasteiger partial charge in [-0.2, -0.15) is 5.10 Å². The highest BCUT2D eigenvalue weighted by atomic mass is 32.2. The van der Waals surface area contributed by atoms with E-state index in [1.54, 1.807) is 19.1 Å². The number of rotatable bonds is 6. The lowest BCUT2D eigenvalue weighted by Crippen LogP contribution is -2.15. The summed E-state index contributed by atoms with van der Waals surface area (Å²) in [6, 6.07) is 4.76. The molecule has 1 N–H and O–H groups in total. The Morgan fingerprint density at radius 1 is 1.39 bits per heavy atom. The van der Waals surface area contributed by atoms with Crippen molar-refractivity contribution in [2.24, 2.45) is 0 Å². The fourth-order valence-corrected chi connectivity index (χ4v) is 3.17. The van der Waals surface area contributed by atoms with Crippen molar-refractivity contribution in [1.29, 1.82) is 0 Å². The summed E-state index contributed by atoms with van der Waals surface area (Å²) >= 11 is 0. The second kappa shape index (κ2) is 6.45. The molecule has 6 nitrogen and oxygen atoms in total. The Bertz CT molecular complexity index is 832. The molecule has 0 bridgehead atoms. The maximum absolute atomic E-state index is 12.3. The van der Waals surface area contributed by atoms with Crippen LogP contribution in [0.5, 0.6) is 0 Å². The van der Waals surface area contributed by atoms with E-state index in [0.29, 0.717) is 5.56 Å². The number of ketones is 1. The largest absolute Gasteiger partial charge is 0.294 e. The van der Waals surface area contributed by atoms with Crippen LogP contribution < -0.4 is 4.72 Å². The van der Waals surface area contributed by atoms with Crippen molar-refractivity contribution < 1.29 is 22.0 Å². The van der Waals surface area contributed by atoms with E-state index < -0.39 is 23.0 Å². The van der Waals surface area contributed by atoms with Gasteiger partial charge in [0.2, 0.25) is 0 Å². The molecular weight excluding hydrogens is 328 g/mol. The number of Topliss-reactive ketones (excluding diaryl/α,β-unsaturated/α-hetero) is 1. The zero-order valence-electron chi connectivity index (χ0n) is 12.5. The Hall–Kier alpha value is -2.29. The topological polar surface area (TPSA) is 81.1 Å². The summed E-state index contributed by atoms with van der Waals surface area (Å²) in [5.74, 6) is -0.283. The number of benzene rings is 1. The standard InChI is InChI=1S/C14H15F2N3O3S/c1-9-4-3-5-12(14(9)10(2)20)18-23(21,22)11-6-17-19(7-11)8-13(15)16/h3-7,13,18H,8H2,1-2H3. The Morgan fingerprint density at radius 2 is 2.09 bits per heavy atom. The van der Waals surface area contributed by atoms with Gasteiger partial charge < -0.3 is 0 Å². The zero-order valence-corrected chi connectivity index (χ0v) is 13.3. The summed E-state index contributed by atoms with van der Waals surface area (Å²) in [4.78, 5) is 11.4. The molecule has 1 aromatic heterocycles. The quantitative estimate of drug-likeness (QED) is 0.817. The highest BCUT2D eigenvalue weighted by Crippen LogP contribution is 2.23. The molecule has 9 heteroatoms. The second-order valence-corrected chi connectivity index (χ2v) is 6.63. The number of halogens is 2. The fourth-order valence-electron chi connectivity index (χ4n) is 2.15. The number of hydrogen-bond donors (Lipinski definition) is 1. The molecule has 0 spiro atoms. The molecule has 0 amide bonds. The van der Waals surface area contributed by atoms with Crippen LogP contribution in [0.4, 0.5) is 14.5 Å². The van der Waals surface area contributed by atoms with Crippen molar-refractivity contribution in [3.8, 4) is 0 Å².